The molecule has 8 nitrogen and oxygen atoms in total. The van der Waals surface area contributed by atoms with Gasteiger partial charge in [-0.2, -0.15) is 0 Å². The first-order valence-corrected chi connectivity index (χ1v) is 13.2. The molecule has 0 bridgehead atoms. The third kappa shape index (κ3) is 7.22. The standard InChI is InChI=1S/C26H28BrN3O5S/c1-33-12-3-11-29(26(32)28-21-8-6-20(27)7-9-21)17-25(31)30(16-22-4-2-13-36-22)15-19-5-10-23-24(14-19)35-18-34-23/h2,4-10,13-14H,3,11-12,15-18H2,1H3,(H,28,32). The topological polar surface area (TPSA) is 80.3 Å². The lowest BCUT2D eigenvalue weighted by Gasteiger charge is -2.28. The van der Waals surface area contributed by atoms with Crippen molar-refractivity contribution < 1.29 is 23.8 Å². The van der Waals surface area contributed by atoms with Gasteiger partial charge in [-0.15, -0.1) is 11.3 Å². The van der Waals surface area contributed by atoms with Crippen LogP contribution in [0.5, 0.6) is 11.5 Å². The first-order valence-electron chi connectivity index (χ1n) is 11.5. The third-order valence-electron chi connectivity index (χ3n) is 5.58. The first kappa shape index (κ1) is 26.0. The monoisotopic (exact) mass is 573 g/mol. The van der Waals surface area contributed by atoms with Gasteiger partial charge in [-0.25, -0.2) is 4.79 Å². The van der Waals surface area contributed by atoms with Crippen LogP contribution >= 0.6 is 27.3 Å². The molecule has 3 amide bonds. The van der Waals surface area contributed by atoms with Crippen molar-refractivity contribution in [2.45, 2.75) is 19.5 Å². The fourth-order valence-corrected chi connectivity index (χ4v) is 4.72. The van der Waals surface area contributed by atoms with E-state index in [-0.39, 0.29) is 25.3 Å². The highest BCUT2D eigenvalue weighted by atomic mass is 79.9. The maximum atomic E-state index is 13.6. The molecule has 0 saturated heterocycles. The molecule has 36 heavy (non-hydrogen) atoms. The third-order valence-corrected chi connectivity index (χ3v) is 6.97. The summed E-state index contributed by atoms with van der Waals surface area (Å²) in [7, 11) is 1.62. The number of urea groups is 1. The van der Waals surface area contributed by atoms with Crippen LogP contribution in [0.15, 0.2) is 64.5 Å². The van der Waals surface area contributed by atoms with E-state index >= 15 is 0 Å². The summed E-state index contributed by atoms with van der Waals surface area (Å²) < 4.78 is 17.0. The van der Waals surface area contributed by atoms with Gasteiger partial charge in [0.25, 0.3) is 0 Å². The number of anilines is 1. The lowest BCUT2D eigenvalue weighted by atomic mass is 10.2. The van der Waals surface area contributed by atoms with Gasteiger partial charge in [-0.3, -0.25) is 4.79 Å². The van der Waals surface area contributed by atoms with Gasteiger partial charge >= 0.3 is 6.03 Å². The number of thiophene rings is 1. The Morgan fingerprint density at radius 3 is 2.61 bits per heavy atom. The van der Waals surface area contributed by atoms with Gasteiger partial charge in [0.15, 0.2) is 11.5 Å². The second kappa shape index (κ2) is 12.8. The number of nitrogens with one attached hydrogen (secondary N) is 1. The van der Waals surface area contributed by atoms with Crippen molar-refractivity contribution in [2.24, 2.45) is 0 Å². The zero-order valence-electron chi connectivity index (χ0n) is 19.9. The van der Waals surface area contributed by atoms with Crippen LogP contribution < -0.4 is 14.8 Å². The van der Waals surface area contributed by atoms with E-state index in [9.17, 15) is 9.59 Å². The van der Waals surface area contributed by atoms with Gasteiger partial charge in [0.2, 0.25) is 12.7 Å². The minimum Gasteiger partial charge on any atom is -0.454 e. The summed E-state index contributed by atoms with van der Waals surface area (Å²) in [5, 5.41) is 4.88. The molecule has 0 radical (unpaired) electrons. The minimum absolute atomic E-state index is 0.0536. The summed E-state index contributed by atoms with van der Waals surface area (Å²) >= 11 is 4.99. The minimum atomic E-state index is -0.332. The predicted molar refractivity (Wildman–Crippen MR) is 142 cm³/mol. The van der Waals surface area contributed by atoms with Gasteiger partial charge < -0.3 is 29.3 Å². The molecular weight excluding hydrogens is 546 g/mol. The maximum Gasteiger partial charge on any atom is 0.322 e. The molecular formula is C26H28BrN3O5S. The number of halogens is 1. The molecule has 0 spiro atoms. The van der Waals surface area contributed by atoms with E-state index in [4.69, 9.17) is 14.2 Å². The molecule has 2 aromatic carbocycles. The quantitative estimate of drug-likeness (QED) is 0.313. The van der Waals surface area contributed by atoms with Crippen molar-refractivity contribution in [1.29, 1.82) is 0 Å². The smallest absolute Gasteiger partial charge is 0.322 e. The SMILES string of the molecule is COCCCN(CC(=O)N(Cc1ccc2c(c1)OCO2)Cc1cccs1)C(=O)Nc1ccc(Br)cc1. The number of nitrogens with zero attached hydrogens (tertiary/aromatic N) is 2. The van der Waals surface area contributed by atoms with Crippen LogP contribution in [0.3, 0.4) is 0 Å². The summed E-state index contributed by atoms with van der Waals surface area (Å²) in [6, 6.07) is 16.6. The summed E-state index contributed by atoms with van der Waals surface area (Å²) in [6.45, 7) is 1.85. The van der Waals surface area contributed by atoms with Gasteiger partial charge in [0.1, 0.15) is 6.54 Å². The molecule has 4 rings (SSSR count). The Morgan fingerprint density at radius 1 is 1.06 bits per heavy atom. The molecule has 1 aromatic heterocycles. The van der Waals surface area contributed by atoms with Crippen LogP contribution in [0.1, 0.15) is 16.9 Å². The molecule has 0 saturated carbocycles. The fourth-order valence-electron chi connectivity index (χ4n) is 3.73. The fraction of sp³-hybridized carbons (Fsp3) is 0.308. The molecule has 1 N–H and O–H groups in total. The zero-order valence-corrected chi connectivity index (χ0v) is 22.3. The van der Waals surface area contributed by atoms with Crippen LogP contribution in [0.2, 0.25) is 0 Å². The van der Waals surface area contributed by atoms with Crippen molar-refractivity contribution >= 4 is 44.9 Å². The Hall–Kier alpha value is -3.08. The number of methoxy groups -OCH3 is 1. The van der Waals surface area contributed by atoms with Crippen LogP contribution in [0, 0.1) is 0 Å². The number of hydrogen-bond acceptors (Lipinski definition) is 6. The van der Waals surface area contributed by atoms with E-state index in [1.165, 1.54) is 4.90 Å². The Kier molecular flexibility index (Phi) is 9.21. The number of hydrogen-bond donors (Lipinski definition) is 1. The summed E-state index contributed by atoms with van der Waals surface area (Å²) in [5.74, 6) is 1.22. The van der Waals surface area contributed by atoms with Crippen LogP contribution in [0.25, 0.3) is 0 Å². The number of ether oxygens (including phenoxy) is 3. The zero-order chi connectivity index (χ0) is 25.3. The molecule has 190 valence electrons. The van der Waals surface area contributed by atoms with Gasteiger partial charge in [0.05, 0.1) is 6.54 Å². The molecule has 0 atom stereocenters. The molecule has 0 unspecified atom stereocenters. The predicted octanol–water partition coefficient (Wildman–Crippen LogP) is 5.34. The Morgan fingerprint density at radius 2 is 1.86 bits per heavy atom. The highest BCUT2D eigenvalue weighted by Crippen LogP contribution is 2.33. The Labute approximate surface area is 222 Å². The summed E-state index contributed by atoms with van der Waals surface area (Å²) in [4.78, 5) is 31.0. The normalized spacial score (nSPS) is 11.8. The number of rotatable bonds is 11. The molecule has 0 aliphatic carbocycles. The molecule has 1 aliphatic rings. The molecule has 1 aliphatic heterocycles. The second-order valence-electron chi connectivity index (χ2n) is 8.22. The largest absolute Gasteiger partial charge is 0.454 e. The van der Waals surface area contributed by atoms with E-state index in [0.717, 1.165) is 14.9 Å². The van der Waals surface area contributed by atoms with Crippen LogP contribution in [0.4, 0.5) is 10.5 Å². The van der Waals surface area contributed by atoms with Crippen LogP contribution in [-0.2, 0) is 22.6 Å². The first-order chi connectivity index (χ1) is 17.5. The molecule has 3 aromatic rings. The van der Waals surface area contributed by atoms with Crippen molar-refractivity contribution in [1.82, 2.24) is 9.80 Å². The van der Waals surface area contributed by atoms with Gasteiger partial charge in [0, 0.05) is 41.8 Å². The Balaban J connectivity index is 1.49. The Bertz CT molecular complexity index is 1160. The average Bonchev–Trinajstić information content (AvgIpc) is 3.56. The van der Waals surface area contributed by atoms with Crippen molar-refractivity contribution in [3.8, 4) is 11.5 Å². The maximum absolute atomic E-state index is 13.6. The van der Waals surface area contributed by atoms with E-state index < -0.39 is 0 Å². The van der Waals surface area contributed by atoms with Gasteiger partial charge in [-0.1, -0.05) is 28.1 Å². The van der Waals surface area contributed by atoms with E-state index in [2.05, 4.69) is 21.2 Å². The van der Waals surface area contributed by atoms with Gasteiger partial charge in [-0.05, 0) is 59.8 Å². The number of fused-ring (bicyclic) bond motifs is 1. The molecule has 0 fully saturated rings. The summed E-state index contributed by atoms with van der Waals surface area (Å²) in [5.41, 5.74) is 1.58. The highest BCUT2D eigenvalue weighted by molar-refractivity contribution is 9.10. The average molecular weight is 574 g/mol. The highest BCUT2D eigenvalue weighted by Gasteiger charge is 2.23. The number of carbonyl (C=O) groups is 2. The van der Waals surface area contributed by atoms with Crippen molar-refractivity contribution in [3.05, 3.63) is 74.9 Å². The van der Waals surface area contributed by atoms with E-state index in [1.807, 2.05) is 47.8 Å². The van der Waals surface area contributed by atoms with Crippen molar-refractivity contribution in [2.75, 3.05) is 38.9 Å². The molecule has 10 heteroatoms. The van der Waals surface area contributed by atoms with Crippen LogP contribution in [-0.4, -0.2) is 55.3 Å². The number of benzene rings is 2. The number of carbonyl (C=O) groups excluding carboxylic acids is 2. The number of amides is 3. The van der Waals surface area contributed by atoms with E-state index in [1.54, 1.807) is 35.5 Å². The lowest BCUT2D eigenvalue weighted by Crippen LogP contribution is -2.44. The van der Waals surface area contributed by atoms with E-state index in [0.29, 0.717) is 49.8 Å². The molecule has 2 heterocycles. The van der Waals surface area contributed by atoms with Crippen molar-refractivity contribution in [3.63, 3.8) is 0 Å². The lowest BCUT2D eigenvalue weighted by molar-refractivity contribution is -0.133. The summed E-state index contributed by atoms with van der Waals surface area (Å²) in [6.07, 6.45) is 0.616. The second-order valence-corrected chi connectivity index (χ2v) is 10.2.